The van der Waals surface area contributed by atoms with Crippen molar-refractivity contribution < 1.29 is 19.4 Å². The Hall–Kier alpha value is -1.30. The van der Waals surface area contributed by atoms with E-state index in [0.717, 1.165) is 12.8 Å². The zero-order valence-corrected chi connectivity index (χ0v) is 11.2. The number of ether oxygens (including phenoxy) is 1. The number of carbonyl (C=O) groups is 2. The van der Waals surface area contributed by atoms with Gasteiger partial charge >= 0.3 is 12.0 Å². The van der Waals surface area contributed by atoms with Crippen LogP contribution in [0, 0.1) is 5.41 Å². The third kappa shape index (κ3) is 3.60. The van der Waals surface area contributed by atoms with Gasteiger partial charge in [0.05, 0.1) is 11.5 Å². The van der Waals surface area contributed by atoms with Crippen molar-refractivity contribution in [3.8, 4) is 0 Å². The maximum absolute atomic E-state index is 11.6. The minimum absolute atomic E-state index is 0.130. The number of hydrogen-bond donors (Lipinski definition) is 3. The molecule has 1 aliphatic rings. The lowest BCUT2D eigenvalue weighted by molar-refractivity contribution is -0.147. The van der Waals surface area contributed by atoms with E-state index in [2.05, 4.69) is 10.6 Å². The zero-order valence-electron chi connectivity index (χ0n) is 11.2. The molecule has 0 bridgehead atoms. The fourth-order valence-corrected chi connectivity index (χ4v) is 1.74. The number of amides is 2. The first-order chi connectivity index (χ1) is 8.41. The molecule has 1 atom stereocenters. The second-order valence-corrected chi connectivity index (χ2v) is 5.07. The highest BCUT2D eigenvalue weighted by atomic mass is 16.5. The van der Waals surface area contributed by atoms with Crippen molar-refractivity contribution in [1.82, 2.24) is 10.6 Å². The van der Waals surface area contributed by atoms with Crippen LogP contribution in [0.3, 0.4) is 0 Å². The third-order valence-electron chi connectivity index (χ3n) is 3.70. The van der Waals surface area contributed by atoms with Gasteiger partial charge in [-0.25, -0.2) is 4.79 Å². The fraction of sp³-hybridized carbons (Fsp3) is 0.833. The molecule has 0 aromatic carbocycles. The first-order valence-electron chi connectivity index (χ1n) is 6.22. The second kappa shape index (κ2) is 6.04. The molecular formula is C12H22N2O4. The summed E-state index contributed by atoms with van der Waals surface area (Å²) in [6, 6.07) is -0.178. The van der Waals surface area contributed by atoms with Crippen LogP contribution < -0.4 is 10.6 Å². The SMILES string of the molecule is CCC(C)(CNC(=O)NC1CC(OC)C1)C(=O)O. The van der Waals surface area contributed by atoms with E-state index in [1.807, 2.05) is 0 Å². The molecule has 2 amide bonds. The zero-order chi connectivity index (χ0) is 13.8. The molecule has 6 nitrogen and oxygen atoms in total. The van der Waals surface area contributed by atoms with Gasteiger partial charge in [-0.05, 0) is 26.2 Å². The van der Waals surface area contributed by atoms with Gasteiger partial charge in [0.2, 0.25) is 0 Å². The molecule has 1 rings (SSSR count). The summed E-state index contributed by atoms with van der Waals surface area (Å²) in [5.41, 5.74) is -0.911. The van der Waals surface area contributed by atoms with Gasteiger partial charge in [0, 0.05) is 19.7 Å². The Balaban J connectivity index is 2.27. The molecule has 0 spiro atoms. The highest BCUT2D eigenvalue weighted by molar-refractivity contribution is 5.78. The predicted octanol–water partition coefficient (Wildman–Crippen LogP) is 0.964. The van der Waals surface area contributed by atoms with E-state index in [9.17, 15) is 9.59 Å². The van der Waals surface area contributed by atoms with E-state index in [1.54, 1.807) is 21.0 Å². The molecule has 104 valence electrons. The number of carbonyl (C=O) groups excluding carboxylic acids is 1. The van der Waals surface area contributed by atoms with Crippen molar-refractivity contribution >= 4 is 12.0 Å². The van der Waals surface area contributed by atoms with Crippen molar-refractivity contribution in [1.29, 1.82) is 0 Å². The number of hydrogen-bond acceptors (Lipinski definition) is 3. The number of carboxylic acid groups (broad SMARTS) is 1. The average molecular weight is 258 g/mol. The molecular weight excluding hydrogens is 236 g/mol. The van der Waals surface area contributed by atoms with E-state index < -0.39 is 11.4 Å². The molecule has 0 aromatic heterocycles. The Morgan fingerprint density at radius 2 is 2.06 bits per heavy atom. The van der Waals surface area contributed by atoms with Gasteiger partial charge in [0.1, 0.15) is 0 Å². The second-order valence-electron chi connectivity index (χ2n) is 5.07. The summed E-state index contributed by atoms with van der Waals surface area (Å²) in [5.74, 6) is -0.895. The minimum atomic E-state index is -0.911. The van der Waals surface area contributed by atoms with E-state index in [-0.39, 0.29) is 24.7 Å². The van der Waals surface area contributed by atoms with Gasteiger partial charge in [0.15, 0.2) is 0 Å². The first-order valence-corrected chi connectivity index (χ1v) is 6.22. The molecule has 0 heterocycles. The number of rotatable bonds is 6. The largest absolute Gasteiger partial charge is 0.481 e. The normalized spacial score (nSPS) is 25.7. The van der Waals surface area contributed by atoms with Crippen LogP contribution in [0.25, 0.3) is 0 Å². The Morgan fingerprint density at radius 3 is 2.50 bits per heavy atom. The van der Waals surface area contributed by atoms with Gasteiger partial charge < -0.3 is 20.5 Å². The van der Waals surface area contributed by atoms with Gasteiger partial charge in [-0.15, -0.1) is 0 Å². The smallest absolute Gasteiger partial charge is 0.315 e. The van der Waals surface area contributed by atoms with Crippen molar-refractivity contribution in [2.24, 2.45) is 5.41 Å². The highest BCUT2D eigenvalue weighted by Gasteiger charge is 2.33. The summed E-state index contributed by atoms with van der Waals surface area (Å²) < 4.78 is 5.11. The number of nitrogens with one attached hydrogen (secondary N) is 2. The van der Waals surface area contributed by atoms with Gasteiger partial charge in [-0.2, -0.15) is 0 Å². The van der Waals surface area contributed by atoms with Crippen molar-refractivity contribution in [2.45, 2.75) is 45.3 Å². The van der Waals surface area contributed by atoms with Crippen molar-refractivity contribution in [3.05, 3.63) is 0 Å². The lowest BCUT2D eigenvalue weighted by atomic mass is 9.87. The van der Waals surface area contributed by atoms with E-state index in [1.165, 1.54) is 0 Å². The Kier molecular flexibility index (Phi) is 4.95. The minimum Gasteiger partial charge on any atom is -0.481 e. The quantitative estimate of drug-likeness (QED) is 0.662. The molecule has 0 aromatic rings. The molecule has 1 unspecified atom stereocenters. The maximum Gasteiger partial charge on any atom is 0.315 e. The van der Waals surface area contributed by atoms with E-state index >= 15 is 0 Å². The summed E-state index contributed by atoms with van der Waals surface area (Å²) in [7, 11) is 1.65. The summed E-state index contributed by atoms with van der Waals surface area (Å²) >= 11 is 0. The Labute approximate surface area is 107 Å². The van der Waals surface area contributed by atoms with Crippen LogP contribution in [0.5, 0.6) is 0 Å². The molecule has 1 saturated carbocycles. The molecule has 0 saturated heterocycles. The topological polar surface area (TPSA) is 87.7 Å². The molecule has 1 aliphatic carbocycles. The maximum atomic E-state index is 11.6. The molecule has 1 fully saturated rings. The van der Waals surface area contributed by atoms with Crippen LogP contribution in [0.2, 0.25) is 0 Å². The van der Waals surface area contributed by atoms with Gasteiger partial charge in [-0.1, -0.05) is 6.92 Å². The molecule has 18 heavy (non-hydrogen) atoms. The average Bonchev–Trinajstić information content (AvgIpc) is 2.29. The van der Waals surface area contributed by atoms with Gasteiger partial charge in [0.25, 0.3) is 0 Å². The van der Waals surface area contributed by atoms with Crippen molar-refractivity contribution in [3.63, 3.8) is 0 Å². The third-order valence-corrected chi connectivity index (χ3v) is 3.70. The summed E-state index contributed by atoms with van der Waals surface area (Å²) in [6.45, 7) is 3.55. The predicted molar refractivity (Wildman–Crippen MR) is 66.4 cm³/mol. The van der Waals surface area contributed by atoms with Crippen molar-refractivity contribution in [2.75, 3.05) is 13.7 Å². The first kappa shape index (κ1) is 14.8. The van der Waals surface area contributed by atoms with Crippen LogP contribution in [0.4, 0.5) is 4.79 Å². The monoisotopic (exact) mass is 258 g/mol. The fourth-order valence-electron chi connectivity index (χ4n) is 1.74. The number of urea groups is 1. The summed E-state index contributed by atoms with van der Waals surface area (Å²) in [6.07, 6.45) is 2.33. The summed E-state index contributed by atoms with van der Waals surface area (Å²) in [5, 5.41) is 14.5. The molecule has 0 aliphatic heterocycles. The number of methoxy groups -OCH3 is 1. The summed E-state index contributed by atoms with van der Waals surface area (Å²) in [4.78, 5) is 22.6. The van der Waals surface area contributed by atoms with Crippen LogP contribution >= 0.6 is 0 Å². The van der Waals surface area contributed by atoms with Crippen LogP contribution in [0.1, 0.15) is 33.1 Å². The van der Waals surface area contributed by atoms with E-state index in [0.29, 0.717) is 6.42 Å². The molecule has 6 heteroatoms. The number of carboxylic acids is 1. The van der Waals surface area contributed by atoms with Crippen LogP contribution in [-0.4, -0.2) is 42.9 Å². The van der Waals surface area contributed by atoms with E-state index in [4.69, 9.17) is 9.84 Å². The Morgan fingerprint density at radius 1 is 1.44 bits per heavy atom. The lowest BCUT2D eigenvalue weighted by Crippen LogP contribution is -2.52. The molecule has 3 N–H and O–H groups in total. The Bertz CT molecular complexity index is 315. The molecule has 0 radical (unpaired) electrons. The van der Waals surface area contributed by atoms with Crippen LogP contribution in [0.15, 0.2) is 0 Å². The number of aliphatic carboxylic acids is 1. The van der Waals surface area contributed by atoms with Crippen LogP contribution in [-0.2, 0) is 9.53 Å². The highest BCUT2D eigenvalue weighted by Crippen LogP contribution is 2.22. The lowest BCUT2D eigenvalue weighted by Gasteiger charge is -2.34. The standard InChI is InChI=1S/C12H22N2O4/c1-4-12(2,10(15)16)7-13-11(17)14-8-5-9(6-8)18-3/h8-9H,4-7H2,1-3H3,(H,15,16)(H2,13,14,17). The van der Waals surface area contributed by atoms with Gasteiger partial charge in [-0.3, -0.25) is 4.79 Å².